The average Bonchev–Trinajstić information content (AvgIpc) is 2.53. The molecule has 1 aromatic rings. The number of rotatable bonds is 1. The molecular formula is C11H18N4O. The van der Waals surface area contributed by atoms with Gasteiger partial charge in [0.05, 0.1) is 11.4 Å². The van der Waals surface area contributed by atoms with E-state index in [-0.39, 0.29) is 5.91 Å². The first-order valence-corrected chi connectivity index (χ1v) is 5.80. The molecule has 16 heavy (non-hydrogen) atoms. The van der Waals surface area contributed by atoms with Crippen LogP contribution >= 0.6 is 0 Å². The van der Waals surface area contributed by atoms with Gasteiger partial charge in [0.25, 0.3) is 5.91 Å². The molecule has 5 heteroatoms. The summed E-state index contributed by atoms with van der Waals surface area (Å²) in [5.74, 6) is -0.0382. The van der Waals surface area contributed by atoms with Gasteiger partial charge in [-0.1, -0.05) is 12.8 Å². The first-order chi connectivity index (χ1) is 7.70. The lowest BCUT2D eigenvalue weighted by molar-refractivity contribution is 0.0757. The van der Waals surface area contributed by atoms with Gasteiger partial charge in [-0.2, -0.15) is 5.10 Å². The molecule has 1 aliphatic heterocycles. The number of hydrogen-bond donors (Lipinski definition) is 2. The topological polar surface area (TPSA) is 75.0 Å². The number of carbonyl (C=O) groups excluding carboxylic acids is 1. The molecule has 1 saturated heterocycles. The number of amides is 1. The van der Waals surface area contributed by atoms with Crippen LogP contribution in [0.3, 0.4) is 0 Å². The largest absolute Gasteiger partial charge is 0.395 e. The van der Waals surface area contributed by atoms with Gasteiger partial charge in [-0.3, -0.25) is 9.89 Å². The number of H-pyrrole nitrogens is 1. The van der Waals surface area contributed by atoms with E-state index in [1.807, 2.05) is 11.8 Å². The highest BCUT2D eigenvalue weighted by Gasteiger charge is 2.22. The maximum atomic E-state index is 12.2. The zero-order chi connectivity index (χ0) is 11.5. The molecule has 0 unspecified atom stereocenters. The second-order valence-corrected chi connectivity index (χ2v) is 4.32. The molecule has 5 nitrogen and oxygen atoms in total. The summed E-state index contributed by atoms with van der Waals surface area (Å²) < 4.78 is 0. The van der Waals surface area contributed by atoms with Crippen LogP contribution in [0.4, 0.5) is 5.69 Å². The predicted octanol–water partition coefficient (Wildman–Crippen LogP) is 1.32. The van der Waals surface area contributed by atoms with Crippen molar-refractivity contribution in [2.75, 3.05) is 18.8 Å². The summed E-state index contributed by atoms with van der Waals surface area (Å²) in [5.41, 5.74) is 7.43. The Bertz CT molecular complexity index is 377. The summed E-state index contributed by atoms with van der Waals surface area (Å²) in [5, 5.41) is 6.73. The molecule has 0 aliphatic carbocycles. The summed E-state index contributed by atoms with van der Waals surface area (Å²) in [7, 11) is 0. The van der Waals surface area contributed by atoms with Gasteiger partial charge in [0.15, 0.2) is 5.69 Å². The van der Waals surface area contributed by atoms with Crippen molar-refractivity contribution in [3.63, 3.8) is 0 Å². The maximum absolute atomic E-state index is 12.2. The van der Waals surface area contributed by atoms with E-state index >= 15 is 0 Å². The lowest BCUT2D eigenvalue weighted by Gasteiger charge is -2.19. The number of nitrogens with two attached hydrogens (primary N) is 1. The number of hydrogen-bond acceptors (Lipinski definition) is 3. The molecule has 0 saturated carbocycles. The van der Waals surface area contributed by atoms with Gasteiger partial charge in [0.1, 0.15) is 0 Å². The van der Waals surface area contributed by atoms with Crippen LogP contribution in [0.25, 0.3) is 0 Å². The van der Waals surface area contributed by atoms with E-state index in [0.717, 1.165) is 31.6 Å². The molecule has 0 radical (unpaired) electrons. The minimum Gasteiger partial charge on any atom is -0.395 e. The van der Waals surface area contributed by atoms with Crippen LogP contribution in [0.5, 0.6) is 0 Å². The summed E-state index contributed by atoms with van der Waals surface area (Å²) in [4.78, 5) is 14.0. The Labute approximate surface area is 95.0 Å². The highest BCUT2D eigenvalue weighted by Crippen LogP contribution is 2.17. The Morgan fingerprint density at radius 1 is 1.31 bits per heavy atom. The Balaban J connectivity index is 2.14. The third-order valence-corrected chi connectivity index (χ3v) is 3.09. The maximum Gasteiger partial charge on any atom is 0.276 e. The Hall–Kier alpha value is -1.52. The number of likely N-dealkylation sites (tertiary alicyclic amines) is 1. The normalized spacial score (nSPS) is 17.2. The van der Waals surface area contributed by atoms with E-state index in [0.29, 0.717) is 11.4 Å². The molecule has 0 spiro atoms. The standard InChI is InChI=1S/C11H18N4O/c1-8-9(12)10(14-13-8)11(16)15-6-4-2-3-5-7-15/h2-7,12H2,1H3,(H,13,14). The zero-order valence-corrected chi connectivity index (χ0v) is 9.62. The summed E-state index contributed by atoms with van der Waals surface area (Å²) >= 11 is 0. The van der Waals surface area contributed by atoms with Crippen molar-refractivity contribution in [1.29, 1.82) is 0 Å². The molecule has 2 heterocycles. The highest BCUT2D eigenvalue weighted by molar-refractivity contribution is 5.97. The Morgan fingerprint density at radius 3 is 2.44 bits per heavy atom. The second kappa shape index (κ2) is 4.55. The number of nitrogens with one attached hydrogen (secondary N) is 1. The predicted molar refractivity (Wildman–Crippen MR) is 62.1 cm³/mol. The molecule has 88 valence electrons. The summed E-state index contributed by atoms with van der Waals surface area (Å²) in [6, 6.07) is 0. The monoisotopic (exact) mass is 222 g/mol. The first kappa shape index (κ1) is 11.0. The number of carbonyl (C=O) groups is 1. The molecule has 0 atom stereocenters. The molecule has 2 rings (SSSR count). The summed E-state index contributed by atoms with van der Waals surface area (Å²) in [6.45, 7) is 3.47. The smallest absolute Gasteiger partial charge is 0.276 e. The molecule has 0 bridgehead atoms. The van der Waals surface area contributed by atoms with Crippen LogP contribution in [-0.2, 0) is 0 Å². The number of nitrogen functional groups attached to an aromatic ring is 1. The van der Waals surface area contributed by atoms with Crippen molar-refractivity contribution in [2.24, 2.45) is 0 Å². The van der Waals surface area contributed by atoms with E-state index in [4.69, 9.17) is 5.73 Å². The SMILES string of the molecule is Cc1[nH]nc(C(=O)N2CCCCCC2)c1N. The van der Waals surface area contributed by atoms with Gasteiger partial charge >= 0.3 is 0 Å². The second-order valence-electron chi connectivity index (χ2n) is 4.32. The van der Waals surface area contributed by atoms with Crippen LogP contribution in [0, 0.1) is 6.92 Å². The Kier molecular flexibility index (Phi) is 3.12. The van der Waals surface area contributed by atoms with Crippen LogP contribution < -0.4 is 5.73 Å². The fraction of sp³-hybridized carbons (Fsp3) is 0.636. The van der Waals surface area contributed by atoms with E-state index in [1.165, 1.54) is 12.8 Å². The Morgan fingerprint density at radius 2 is 1.94 bits per heavy atom. The number of aromatic amines is 1. The third-order valence-electron chi connectivity index (χ3n) is 3.09. The van der Waals surface area contributed by atoms with Crippen molar-refractivity contribution in [2.45, 2.75) is 32.6 Å². The van der Waals surface area contributed by atoms with Gasteiger partial charge in [0.2, 0.25) is 0 Å². The fourth-order valence-electron chi connectivity index (χ4n) is 2.02. The fourth-order valence-corrected chi connectivity index (χ4v) is 2.02. The van der Waals surface area contributed by atoms with E-state index in [2.05, 4.69) is 10.2 Å². The third kappa shape index (κ3) is 2.03. The van der Waals surface area contributed by atoms with Crippen molar-refractivity contribution >= 4 is 11.6 Å². The lowest BCUT2D eigenvalue weighted by Crippen LogP contribution is -2.32. The number of aromatic nitrogens is 2. The molecule has 1 aliphatic rings. The van der Waals surface area contributed by atoms with Gasteiger partial charge < -0.3 is 10.6 Å². The minimum absolute atomic E-state index is 0.0382. The van der Waals surface area contributed by atoms with Gasteiger partial charge in [-0.25, -0.2) is 0 Å². The van der Waals surface area contributed by atoms with E-state index < -0.39 is 0 Å². The molecule has 1 aromatic heterocycles. The van der Waals surface area contributed by atoms with Crippen LogP contribution in [0.2, 0.25) is 0 Å². The van der Waals surface area contributed by atoms with E-state index in [1.54, 1.807) is 0 Å². The van der Waals surface area contributed by atoms with Crippen molar-refractivity contribution < 1.29 is 4.79 Å². The van der Waals surface area contributed by atoms with Crippen molar-refractivity contribution in [3.05, 3.63) is 11.4 Å². The summed E-state index contributed by atoms with van der Waals surface area (Å²) in [6.07, 6.45) is 4.57. The number of anilines is 1. The highest BCUT2D eigenvalue weighted by atomic mass is 16.2. The van der Waals surface area contributed by atoms with Crippen LogP contribution in [-0.4, -0.2) is 34.1 Å². The van der Waals surface area contributed by atoms with Gasteiger partial charge in [-0.05, 0) is 19.8 Å². The van der Waals surface area contributed by atoms with Crippen molar-refractivity contribution in [1.82, 2.24) is 15.1 Å². The first-order valence-electron chi connectivity index (χ1n) is 5.80. The molecule has 1 amide bonds. The van der Waals surface area contributed by atoms with Crippen LogP contribution in [0.1, 0.15) is 41.9 Å². The molecule has 3 N–H and O–H groups in total. The molecule has 0 aromatic carbocycles. The minimum atomic E-state index is -0.0382. The van der Waals surface area contributed by atoms with Gasteiger partial charge in [-0.15, -0.1) is 0 Å². The average molecular weight is 222 g/mol. The van der Waals surface area contributed by atoms with E-state index in [9.17, 15) is 4.79 Å². The molecular weight excluding hydrogens is 204 g/mol. The number of aryl methyl sites for hydroxylation is 1. The quantitative estimate of drug-likeness (QED) is 0.752. The zero-order valence-electron chi connectivity index (χ0n) is 9.62. The van der Waals surface area contributed by atoms with Gasteiger partial charge in [0, 0.05) is 13.1 Å². The molecule has 1 fully saturated rings. The van der Waals surface area contributed by atoms with Crippen LogP contribution in [0.15, 0.2) is 0 Å². The lowest BCUT2D eigenvalue weighted by atomic mass is 10.2. The van der Waals surface area contributed by atoms with Crippen molar-refractivity contribution in [3.8, 4) is 0 Å². The number of nitrogens with zero attached hydrogens (tertiary/aromatic N) is 2.